The second-order valence-corrected chi connectivity index (χ2v) is 3.73. The van der Waals surface area contributed by atoms with Crippen molar-refractivity contribution in [2.24, 2.45) is 0 Å². The molecule has 1 aliphatic rings. The van der Waals surface area contributed by atoms with Gasteiger partial charge in [0.25, 0.3) is 0 Å². The fraction of sp³-hybridized carbons (Fsp3) is 0.800. The average Bonchev–Trinajstić information content (AvgIpc) is 2.27. The Kier molecular flexibility index (Phi) is 5.81. The lowest BCUT2D eigenvalue weighted by molar-refractivity contribution is -0.149. The fourth-order valence-electron chi connectivity index (χ4n) is 1.56. The maximum absolute atomic E-state index is 11.2. The third-order valence-corrected chi connectivity index (χ3v) is 2.35. The van der Waals surface area contributed by atoms with Crippen LogP contribution >= 0.6 is 0 Å². The first-order chi connectivity index (χ1) is 7.68. The van der Waals surface area contributed by atoms with Crippen LogP contribution in [0.15, 0.2) is 0 Å². The van der Waals surface area contributed by atoms with Crippen LogP contribution in [0, 0.1) is 0 Å². The molecular weight excluding hydrogens is 214 g/mol. The van der Waals surface area contributed by atoms with Gasteiger partial charge < -0.3 is 9.84 Å². The molecule has 6 nitrogen and oxygen atoms in total. The third-order valence-electron chi connectivity index (χ3n) is 2.35. The molecule has 1 unspecified atom stereocenters. The summed E-state index contributed by atoms with van der Waals surface area (Å²) in [5.74, 6) is -1.42. The van der Waals surface area contributed by atoms with Crippen LogP contribution in [-0.2, 0) is 19.2 Å². The van der Waals surface area contributed by atoms with Gasteiger partial charge in [-0.15, -0.1) is 0 Å². The van der Waals surface area contributed by atoms with Gasteiger partial charge in [0.1, 0.15) is 0 Å². The van der Waals surface area contributed by atoms with Crippen LogP contribution in [0.3, 0.4) is 0 Å². The number of hydrogen-bond acceptors (Lipinski definition) is 4. The number of hydrogen-bond donors (Lipinski definition) is 2. The van der Waals surface area contributed by atoms with Gasteiger partial charge in [0.15, 0.2) is 6.61 Å². The number of carboxylic acid groups (broad SMARTS) is 1. The first kappa shape index (κ1) is 12.9. The summed E-state index contributed by atoms with van der Waals surface area (Å²) in [5, 5.41) is 8.26. The zero-order chi connectivity index (χ0) is 11.8. The molecule has 1 amide bonds. The summed E-state index contributed by atoms with van der Waals surface area (Å²) in [6, 6.07) is 0. The first-order valence-corrected chi connectivity index (χ1v) is 5.42. The van der Waals surface area contributed by atoms with E-state index < -0.39 is 12.6 Å². The van der Waals surface area contributed by atoms with Crippen molar-refractivity contribution in [1.82, 2.24) is 5.48 Å². The molecule has 92 valence electrons. The van der Waals surface area contributed by atoms with E-state index in [1.165, 1.54) is 0 Å². The molecule has 0 bridgehead atoms. The molecule has 0 radical (unpaired) electrons. The maximum Gasteiger partial charge on any atom is 0.332 e. The average molecular weight is 231 g/mol. The minimum Gasteiger partial charge on any atom is -0.479 e. The quantitative estimate of drug-likeness (QED) is 0.649. The van der Waals surface area contributed by atoms with E-state index in [0.29, 0.717) is 12.8 Å². The Morgan fingerprint density at radius 3 is 2.88 bits per heavy atom. The van der Waals surface area contributed by atoms with Crippen molar-refractivity contribution < 1.29 is 24.3 Å². The Morgan fingerprint density at radius 1 is 1.44 bits per heavy atom. The molecule has 0 saturated carbocycles. The molecule has 1 atom stereocenters. The summed E-state index contributed by atoms with van der Waals surface area (Å²) in [6.07, 6.45) is 4.32. The summed E-state index contributed by atoms with van der Waals surface area (Å²) in [4.78, 5) is 25.7. The van der Waals surface area contributed by atoms with E-state index in [0.717, 1.165) is 25.9 Å². The topological polar surface area (TPSA) is 84.9 Å². The molecule has 16 heavy (non-hydrogen) atoms. The van der Waals surface area contributed by atoms with Crippen molar-refractivity contribution in [1.29, 1.82) is 0 Å². The highest BCUT2D eigenvalue weighted by atomic mass is 16.7. The predicted molar refractivity (Wildman–Crippen MR) is 54.6 cm³/mol. The van der Waals surface area contributed by atoms with E-state index in [1.54, 1.807) is 0 Å². The molecule has 0 spiro atoms. The molecule has 0 aromatic heterocycles. The Hall–Kier alpha value is -1.14. The SMILES string of the molecule is O=C(O)CONC(=O)CCC1CCCCO1. The summed E-state index contributed by atoms with van der Waals surface area (Å²) in [7, 11) is 0. The minimum absolute atomic E-state index is 0.152. The van der Waals surface area contributed by atoms with Gasteiger partial charge in [-0.1, -0.05) is 0 Å². The van der Waals surface area contributed by atoms with Gasteiger partial charge in [0, 0.05) is 13.0 Å². The third kappa shape index (κ3) is 5.67. The van der Waals surface area contributed by atoms with E-state index in [9.17, 15) is 9.59 Å². The summed E-state index contributed by atoms with van der Waals surface area (Å²) in [5.41, 5.74) is 2.08. The summed E-state index contributed by atoms with van der Waals surface area (Å²) >= 11 is 0. The van der Waals surface area contributed by atoms with Crippen molar-refractivity contribution in [2.45, 2.75) is 38.2 Å². The molecule has 1 rings (SSSR count). The van der Waals surface area contributed by atoms with Crippen LogP contribution in [0.4, 0.5) is 0 Å². The number of hydroxylamine groups is 1. The molecule has 0 aliphatic carbocycles. The molecule has 0 aromatic rings. The van der Waals surface area contributed by atoms with Crippen molar-refractivity contribution in [3.05, 3.63) is 0 Å². The zero-order valence-electron chi connectivity index (χ0n) is 9.11. The number of carbonyl (C=O) groups excluding carboxylic acids is 1. The number of rotatable bonds is 6. The number of carboxylic acids is 1. The van der Waals surface area contributed by atoms with E-state index in [1.807, 2.05) is 0 Å². The number of amides is 1. The van der Waals surface area contributed by atoms with Gasteiger partial charge in [0.05, 0.1) is 6.10 Å². The maximum atomic E-state index is 11.2. The highest BCUT2D eigenvalue weighted by molar-refractivity contribution is 5.75. The standard InChI is InChI=1S/C10H17NO5/c12-9(11-16-7-10(13)14)5-4-8-3-1-2-6-15-8/h8H,1-7H2,(H,11,12)(H,13,14). The van der Waals surface area contributed by atoms with E-state index in [4.69, 9.17) is 9.84 Å². The fourth-order valence-corrected chi connectivity index (χ4v) is 1.56. The normalized spacial score (nSPS) is 20.4. The molecule has 1 aliphatic heterocycles. The summed E-state index contributed by atoms with van der Waals surface area (Å²) < 4.78 is 5.46. The Balaban J connectivity index is 2.02. The van der Waals surface area contributed by atoms with Gasteiger partial charge >= 0.3 is 5.97 Å². The van der Waals surface area contributed by atoms with Crippen LogP contribution in [0.2, 0.25) is 0 Å². The van der Waals surface area contributed by atoms with E-state index >= 15 is 0 Å². The minimum atomic E-state index is -1.11. The van der Waals surface area contributed by atoms with Gasteiger partial charge in [-0.25, -0.2) is 10.3 Å². The number of aliphatic carboxylic acids is 1. The van der Waals surface area contributed by atoms with Gasteiger partial charge in [-0.05, 0) is 25.7 Å². The van der Waals surface area contributed by atoms with Gasteiger partial charge in [-0.2, -0.15) is 0 Å². The van der Waals surface area contributed by atoms with Crippen LogP contribution in [0.1, 0.15) is 32.1 Å². The molecule has 0 aromatic carbocycles. The van der Waals surface area contributed by atoms with Crippen molar-refractivity contribution in [3.8, 4) is 0 Å². The molecule has 1 heterocycles. The lowest BCUT2D eigenvalue weighted by atomic mass is 10.0. The summed E-state index contributed by atoms with van der Waals surface area (Å²) in [6.45, 7) is 0.244. The lowest BCUT2D eigenvalue weighted by Gasteiger charge is -2.22. The number of nitrogens with one attached hydrogen (secondary N) is 1. The van der Waals surface area contributed by atoms with Crippen LogP contribution in [0.25, 0.3) is 0 Å². The van der Waals surface area contributed by atoms with Crippen molar-refractivity contribution >= 4 is 11.9 Å². The Morgan fingerprint density at radius 2 is 2.25 bits per heavy atom. The monoisotopic (exact) mass is 231 g/mol. The molecular formula is C10H17NO5. The highest BCUT2D eigenvalue weighted by Gasteiger charge is 2.15. The largest absolute Gasteiger partial charge is 0.479 e. The van der Waals surface area contributed by atoms with Crippen LogP contribution in [-0.4, -0.2) is 36.3 Å². The van der Waals surface area contributed by atoms with Gasteiger partial charge in [-0.3, -0.25) is 9.63 Å². The second kappa shape index (κ2) is 7.19. The zero-order valence-corrected chi connectivity index (χ0v) is 9.11. The Labute approximate surface area is 93.9 Å². The molecule has 6 heteroatoms. The van der Waals surface area contributed by atoms with Crippen molar-refractivity contribution in [2.75, 3.05) is 13.2 Å². The second-order valence-electron chi connectivity index (χ2n) is 3.73. The predicted octanol–water partition coefficient (Wildman–Crippen LogP) is 0.468. The lowest BCUT2D eigenvalue weighted by Crippen LogP contribution is -2.28. The van der Waals surface area contributed by atoms with Crippen molar-refractivity contribution in [3.63, 3.8) is 0 Å². The van der Waals surface area contributed by atoms with Crippen LogP contribution < -0.4 is 5.48 Å². The van der Waals surface area contributed by atoms with Gasteiger partial charge in [0.2, 0.25) is 5.91 Å². The highest BCUT2D eigenvalue weighted by Crippen LogP contribution is 2.16. The number of carbonyl (C=O) groups is 2. The smallest absolute Gasteiger partial charge is 0.332 e. The Bertz CT molecular complexity index is 237. The molecule has 1 saturated heterocycles. The molecule has 1 fully saturated rings. The first-order valence-electron chi connectivity index (χ1n) is 5.42. The van der Waals surface area contributed by atoms with E-state index in [2.05, 4.69) is 10.3 Å². The molecule has 2 N–H and O–H groups in total. The van der Waals surface area contributed by atoms with E-state index in [-0.39, 0.29) is 12.0 Å². The van der Waals surface area contributed by atoms with Crippen LogP contribution in [0.5, 0.6) is 0 Å². The number of ether oxygens (including phenoxy) is 1.